The molecule has 25 heavy (non-hydrogen) atoms. The van der Waals surface area contributed by atoms with Gasteiger partial charge in [-0.3, -0.25) is 10.1 Å². The molecule has 2 rings (SSSR count). The highest BCUT2D eigenvalue weighted by molar-refractivity contribution is 5.60. The molecule has 0 heterocycles. The summed E-state index contributed by atoms with van der Waals surface area (Å²) in [5, 5.41) is 11.2. The van der Waals surface area contributed by atoms with Gasteiger partial charge in [-0.05, 0) is 24.3 Å². The molecule has 130 valence electrons. The zero-order valence-electron chi connectivity index (χ0n) is 14.3. The Bertz CT molecular complexity index is 825. The maximum Gasteiger partial charge on any atom is 0.288 e. The second kappa shape index (κ2) is 7.93. The summed E-state index contributed by atoms with van der Waals surface area (Å²) in [6.07, 6.45) is 0. The molecule has 0 aliphatic heterocycles. The molecule has 2 aromatic carbocycles. The van der Waals surface area contributed by atoms with Crippen molar-refractivity contribution in [3.05, 3.63) is 51.6 Å². The Hall–Kier alpha value is -3.40. The summed E-state index contributed by atoms with van der Waals surface area (Å²) in [6, 6.07) is 7.83. The van der Waals surface area contributed by atoms with Crippen LogP contribution in [0.5, 0.6) is 23.0 Å². The van der Waals surface area contributed by atoms with E-state index in [-0.39, 0.29) is 11.3 Å². The molecule has 7 heteroatoms. The normalized spacial score (nSPS) is 9.60. The Labute approximate surface area is 145 Å². The molecule has 0 aliphatic rings. The fourth-order valence-electron chi connectivity index (χ4n) is 2.19. The summed E-state index contributed by atoms with van der Waals surface area (Å²) >= 11 is 0. The Morgan fingerprint density at radius 2 is 1.52 bits per heavy atom. The molecule has 0 aromatic heterocycles. The van der Waals surface area contributed by atoms with E-state index in [0.717, 1.165) is 0 Å². The monoisotopic (exact) mass is 343 g/mol. The van der Waals surface area contributed by atoms with Crippen molar-refractivity contribution < 1.29 is 23.9 Å². The first-order chi connectivity index (χ1) is 12.0. The molecule has 2 aromatic rings. The lowest BCUT2D eigenvalue weighted by atomic mass is 10.1. The summed E-state index contributed by atoms with van der Waals surface area (Å²) < 4.78 is 20.8. The average Bonchev–Trinajstić information content (AvgIpc) is 2.64. The van der Waals surface area contributed by atoms with Gasteiger partial charge in [0, 0.05) is 5.56 Å². The minimum atomic E-state index is -0.498. The smallest absolute Gasteiger partial charge is 0.288 e. The fraction of sp³-hybridized carbons (Fsp3) is 0.222. The molecular formula is C18H17NO6. The van der Waals surface area contributed by atoms with Crippen LogP contribution in [0.15, 0.2) is 30.3 Å². The van der Waals surface area contributed by atoms with Crippen LogP contribution in [0.2, 0.25) is 0 Å². The topological polar surface area (TPSA) is 80.1 Å². The minimum Gasteiger partial charge on any atom is -0.497 e. The van der Waals surface area contributed by atoms with Crippen molar-refractivity contribution in [2.45, 2.75) is 0 Å². The van der Waals surface area contributed by atoms with Gasteiger partial charge >= 0.3 is 0 Å². The van der Waals surface area contributed by atoms with Gasteiger partial charge in [-0.2, -0.15) is 0 Å². The van der Waals surface area contributed by atoms with Gasteiger partial charge in [0.15, 0.2) is 11.5 Å². The van der Waals surface area contributed by atoms with Crippen molar-refractivity contribution >= 4 is 5.69 Å². The highest BCUT2D eigenvalue weighted by atomic mass is 16.6. The van der Waals surface area contributed by atoms with Crippen LogP contribution >= 0.6 is 0 Å². The third-order valence-electron chi connectivity index (χ3n) is 3.41. The second-order valence-corrected chi connectivity index (χ2v) is 4.80. The summed E-state index contributed by atoms with van der Waals surface area (Å²) in [7, 11) is 5.96. The van der Waals surface area contributed by atoms with Crippen molar-refractivity contribution in [1.29, 1.82) is 0 Å². The molecule has 0 radical (unpaired) electrons. The van der Waals surface area contributed by atoms with Crippen molar-refractivity contribution in [3.63, 3.8) is 0 Å². The predicted molar refractivity (Wildman–Crippen MR) is 91.7 cm³/mol. The molecule has 0 saturated carbocycles. The molecule has 7 nitrogen and oxygen atoms in total. The van der Waals surface area contributed by atoms with Crippen LogP contribution in [0.25, 0.3) is 0 Å². The lowest BCUT2D eigenvalue weighted by Crippen LogP contribution is -1.96. The SMILES string of the molecule is COc1ccc(C#Cc2cc(OC)c(OC)c(OC)c2)c([N+](=O)[O-])c1. The van der Waals surface area contributed by atoms with E-state index >= 15 is 0 Å². The summed E-state index contributed by atoms with van der Waals surface area (Å²) in [4.78, 5) is 10.7. The minimum absolute atomic E-state index is 0.126. The van der Waals surface area contributed by atoms with Gasteiger partial charge in [0.1, 0.15) is 11.3 Å². The molecule has 0 fully saturated rings. The van der Waals surface area contributed by atoms with Gasteiger partial charge < -0.3 is 18.9 Å². The molecule has 0 N–H and O–H groups in total. The van der Waals surface area contributed by atoms with Crippen LogP contribution < -0.4 is 18.9 Å². The van der Waals surface area contributed by atoms with Crippen molar-refractivity contribution in [2.24, 2.45) is 0 Å². The quantitative estimate of drug-likeness (QED) is 0.472. The Balaban J connectivity index is 2.50. The number of rotatable bonds is 5. The standard InChI is InChI=1S/C18H17NO6/c1-22-14-8-7-13(15(11-14)19(20)21)6-5-12-9-16(23-2)18(25-4)17(10-12)24-3/h7-11H,1-4H3. The first-order valence-corrected chi connectivity index (χ1v) is 7.18. The number of nitrogens with zero attached hydrogens (tertiary/aromatic N) is 1. The fourth-order valence-corrected chi connectivity index (χ4v) is 2.19. The largest absolute Gasteiger partial charge is 0.497 e. The van der Waals surface area contributed by atoms with Crippen LogP contribution in [0.3, 0.4) is 0 Å². The zero-order valence-corrected chi connectivity index (χ0v) is 14.3. The Kier molecular flexibility index (Phi) is 5.69. The molecule has 0 unspecified atom stereocenters. The van der Waals surface area contributed by atoms with Gasteiger partial charge in [0.2, 0.25) is 5.75 Å². The summed E-state index contributed by atoms with van der Waals surface area (Å²) in [5.74, 6) is 7.44. The first-order valence-electron chi connectivity index (χ1n) is 7.18. The maximum absolute atomic E-state index is 11.2. The molecule has 0 saturated heterocycles. The first kappa shape index (κ1) is 17.9. The Morgan fingerprint density at radius 1 is 0.880 bits per heavy atom. The molecule has 0 spiro atoms. The van der Waals surface area contributed by atoms with E-state index < -0.39 is 4.92 Å². The molecule has 0 amide bonds. The highest BCUT2D eigenvalue weighted by Crippen LogP contribution is 2.38. The van der Waals surface area contributed by atoms with E-state index in [9.17, 15) is 10.1 Å². The lowest BCUT2D eigenvalue weighted by molar-refractivity contribution is -0.385. The molecule has 0 bridgehead atoms. The third-order valence-corrected chi connectivity index (χ3v) is 3.41. The number of ether oxygens (including phenoxy) is 4. The number of benzene rings is 2. The number of nitro benzene ring substituents is 1. The molecule has 0 aliphatic carbocycles. The second-order valence-electron chi connectivity index (χ2n) is 4.80. The number of nitro groups is 1. The number of hydrogen-bond acceptors (Lipinski definition) is 6. The predicted octanol–water partition coefficient (Wildman–Crippen LogP) is 3.03. The van der Waals surface area contributed by atoms with Crippen molar-refractivity contribution in [1.82, 2.24) is 0 Å². The zero-order chi connectivity index (χ0) is 18.4. The molecule has 0 atom stereocenters. The van der Waals surface area contributed by atoms with E-state index in [1.165, 1.54) is 34.5 Å². The van der Waals surface area contributed by atoms with Crippen LogP contribution in [-0.2, 0) is 0 Å². The van der Waals surface area contributed by atoms with Crippen molar-refractivity contribution in [3.8, 4) is 34.8 Å². The van der Waals surface area contributed by atoms with E-state index in [1.54, 1.807) is 24.3 Å². The van der Waals surface area contributed by atoms with Gasteiger partial charge in [0.05, 0.1) is 39.4 Å². The number of hydrogen-bond donors (Lipinski definition) is 0. The van der Waals surface area contributed by atoms with Crippen LogP contribution in [-0.4, -0.2) is 33.4 Å². The van der Waals surface area contributed by atoms with E-state index in [1.807, 2.05) is 0 Å². The van der Waals surface area contributed by atoms with E-state index in [2.05, 4.69) is 11.8 Å². The Morgan fingerprint density at radius 3 is 2.00 bits per heavy atom. The van der Waals surface area contributed by atoms with Crippen LogP contribution in [0, 0.1) is 22.0 Å². The van der Waals surface area contributed by atoms with Gasteiger partial charge in [-0.1, -0.05) is 11.8 Å². The highest BCUT2D eigenvalue weighted by Gasteiger charge is 2.14. The maximum atomic E-state index is 11.2. The summed E-state index contributed by atoms with van der Waals surface area (Å²) in [6.45, 7) is 0. The van der Waals surface area contributed by atoms with Crippen molar-refractivity contribution in [2.75, 3.05) is 28.4 Å². The van der Waals surface area contributed by atoms with Gasteiger partial charge in [0.25, 0.3) is 5.69 Å². The van der Waals surface area contributed by atoms with E-state index in [0.29, 0.717) is 28.6 Å². The van der Waals surface area contributed by atoms with Gasteiger partial charge in [-0.25, -0.2) is 0 Å². The average molecular weight is 343 g/mol. The van der Waals surface area contributed by atoms with Gasteiger partial charge in [-0.15, -0.1) is 0 Å². The van der Waals surface area contributed by atoms with Crippen LogP contribution in [0.4, 0.5) is 5.69 Å². The summed E-state index contributed by atoms with van der Waals surface area (Å²) in [5.41, 5.74) is 0.721. The van der Waals surface area contributed by atoms with E-state index in [4.69, 9.17) is 18.9 Å². The number of methoxy groups -OCH3 is 4. The third kappa shape index (κ3) is 3.93. The molecular weight excluding hydrogens is 326 g/mol. The van der Waals surface area contributed by atoms with Crippen LogP contribution in [0.1, 0.15) is 11.1 Å². The lowest BCUT2D eigenvalue weighted by Gasteiger charge is -2.12.